The van der Waals surface area contributed by atoms with E-state index in [1.807, 2.05) is 0 Å². The first kappa shape index (κ1) is 9.06. The van der Waals surface area contributed by atoms with Gasteiger partial charge >= 0.3 is 6.09 Å². The van der Waals surface area contributed by atoms with Gasteiger partial charge in [-0.25, -0.2) is 4.79 Å². The van der Waals surface area contributed by atoms with Crippen LogP contribution in [0.1, 0.15) is 12.8 Å². The molecular formula is C8H13NO3. The molecule has 0 radical (unpaired) electrons. The predicted octanol–water partition coefficient (Wildman–Crippen LogP) is 0.422. The Bertz CT molecular complexity index is 175. The minimum Gasteiger partial charge on any atom is -0.445 e. The van der Waals surface area contributed by atoms with Crippen molar-refractivity contribution in [2.75, 3.05) is 6.61 Å². The van der Waals surface area contributed by atoms with Crippen LogP contribution in [0.25, 0.3) is 0 Å². The first-order valence-electron chi connectivity index (χ1n) is 3.94. The standard InChI is InChI=1S/C8H13NO3/c1-2-3-12-8(11)9-6-4-7(10)5-6/h2,6-7,10H,1,3-5H2,(H,9,11). The Hall–Kier alpha value is -1.03. The van der Waals surface area contributed by atoms with Crippen molar-refractivity contribution in [1.82, 2.24) is 5.32 Å². The van der Waals surface area contributed by atoms with Crippen molar-refractivity contribution in [3.8, 4) is 0 Å². The second-order valence-corrected chi connectivity index (χ2v) is 2.85. The third-order valence-electron chi connectivity index (χ3n) is 1.77. The molecule has 4 heteroatoms. The average Bonchev–Trinajstić information content (AvgIpc) is 1.98. The number of rotatable bonds is 3. The maximum absolute atomic E-state index is 10.8. The zero-order valence-electron chi connectivity index (χ0n) is 6.82. The Labute approximate surface area is 71.2 Å². The van der Waals surface area contributed by atoms with Crippen LogP contribution in [-0.2, 0) is 4.74 Å². The molecule has 1 amide bonds. The highest BCUT2D eigenvalue weighted by atomic mass is 16.5. The van der Waals surface area contributed by atoms with Crippen LogP contribution in [0.2, 0.25) is 0 Å². The van der Waals surface area contributed by atoms with Crippen LogP contribution >= 0.6 is 0 Å². The topological polar surface area (TPSA) is 58.6 Å². The molecular weight excluding hydrogens is 158 g/mol. The van der Waals surface area contributed by atoms with Gasteiger partial charge in [0.1, 0.15) is 6.61 Å². The summed E-state index contributed by atoms with van der Waals surface area (Å²) in [7, 11) is 0. The summed E-state index contributed by atoms with van der Waals surface area (Å²) in [4.78, 5) is 10.8. The molecule has 0 aliphatic heterocycles. The van der Waals surface area contributed by atoms with E-state index in [4.69, 9.17) is 5.11 Å². The van der Waals surface area contributed by atoms with Gasteiger partial charge < -0.3 is 15.2 Å². The van der Waals surface area contributed by atoms with Crippen molar-refractivity contribution in [3.05, 3.63) is 12.7 Å². The molecule has 1 aliphatic carbocycles. The number of hydrogen-bond acceptors (Lipinski definition) is 3. The molecule has 0 atom stereocenters. The molecule has 0 unspecified atom stereocenters. The first-order chi connectivity index (χ1) is 5.72. The molecule has 0 bridgehead atoms. The molecule has 0 spiro atoms. The van der Waals surface area contributed by atoms with Gasteiger partial charge in [-0.1, -0.05) is 12.7 Å². The number of ether oxygens (including phenoxy) is 1. The van der Waals surface area contributed by atoms with Gasteiger partial charge in [0.25, 0.3) is 0 Å². The number of carbonyl (C=O) groups is 1. The van der Waals surface area contributed by atoms with Crippen LogP contribution in [-0.4, -0.2) is 30.0 Å². The van der Waals surface area contributed by atoms with E-state index in [9.17, 15) is 4.79 Å². The van der Waals surface area contributed by atoms with Crippen LogP contribution in [0.3, 0.4) is 0 Å². The zero-order chi connectivity index (χ0) is 8.97. The molecule has 0 aromatic carbocycles. The van der Waals surface area contributed by atoms with Gasteiger partial charge in [-0.3, -0.25) is 0 Å². The predicted molar refractivity (Wildman–Crippen MR) is 43.7 cm³/mol. The van der Waals surface area contributed by atoms with E-state index >= 15 is 0 Å². The van der Waals surface area contributed by atoms with Crippen LogP contribution < -0.4 is 5.32 Å². The largest absolute Gasteiger partial charge is 0.445 e. The van der Waals surface area contributed by atoms with E-state index in [1.165, 1.54) is 6.08 Å². The van der Waals surface area contributed by atoms with E-state index in [0.29, 0.717) is 12.8 Å². The molecule has 1 rings (SSSR count). The summed E-state index contributed by atoms with van der Waals surface area (Å²) in [5, 5.41) is 11.5. The van der Waals surface area contributed by atoms with E-state index in [0.717, 1.165) is 0 Å². The minimum atomic E-state index is -0.438. The number of alkyl carbamates (subject to hydrolysis) is 1. The highest BCUT2D eigenvalue weighted by Gasteiger charge is 2.28. The molecule has 1 aliphatic rings. The lowest BCUT2D eigenvalue weighted by Gasteiger charge is -2.31. The summed E-state index contributed by atoms with van der Waals surface area (Å²) in [6.45, 7) is 3.64. The lowest BCUT2D eigenvalue weighted by atomic mass is 9.90. The molecule has 0 aromatic rings. The fourth-order valence-corrected chi connectivity index (χ4v) is 1.05. The lowest BCUT2D eigenvalue weighted by Crippen LogP contribution is -2.46. The van der Waals surface area contributed by atoms with Gasteiger partial charge in [-0.05, 0) is 12.8 Å². The van der Waals surface area contributed by atoms with Gasteiger partial charge in [0.05, 0.1) is 6.10 Å². The second-order valence-electron chi connectivity index (χ2n) is 2.85. The van der Waals surface area contributed by atoms with Crippen LogP contribution in [0.4, 0.5) is 4.79 Å². The summed E-state index contributed by atoms with van der Waals surface area (Å²) >= 11 is 0. The Kier molecular flexibility index (Phi) is 3.10. The van der Waals surface area contributed by atoms with Crippen LogP contribution in [0.15, 0.2) is 12.7 Å². The molecule has 0 aromatic heterocycles. The zero-order valence-corrected chi connectivity index (χ0v) is 6.82. The Balaban J connectivity index is 2.06. The van der Waals surface area contributed by atoms with E-state index in [2.05, 4.69) is 16.6 Å². The fraction of sp³-hybridized carbons (Fsp3) is 0.625. The Morgan fingerprint density at radius 1 is 1.75 bits per heavy atom. The maximum atomic E-state index is 10.8. The van der Waals surface area contributed by atoms with Crippen molar-refractivity contribution in [2.24, 2.45) is 0 Å². The van der Waals surface area contributed by atoms with Crippen molar-refractivity contribution >= 4 is 6.09 Å². The summed E-state index contributed by atoms with van der Waals surface area (Å²) in [6.07, 6.45) is 2.07. The highest BCUT2D eigenvalue weighted by molar-refractivity contribution is 5.67. The smallest absolute Gasteiger partial charge is 0.407 e. The Morgan fingerprint density at radius 2 is 2.42 bits per heavy atom. The molecule has 0 heterocycles. The van der Waals surface area contributed by atoms with Gasteiger partial charge in [0.15, 0.2) is 0 Å². The summed E-state index contributed by atoms with van der Waals surface area (Å²) in [5.74, 6) is 0. The van der Waals surface area contributed by atoms with E-state index in [-0.39, 0.29) is 18.8 Å². The fourth-order valence-electron chi connectivity index (χ4n) is 1.05. The highest BCUT2D eigenvalue weighted by Crippen LogP contribution is 2.19. The summed E-state index contributed by atoms with van der Waals surface area (Å²) < 4.78 is 4.68. The molecule has 68 valence electrons. The number of aliphatic hydroxyl groups excluding tert-OH is 1. The van der Waals surface area contributed by atoms with Gasteiger partial charge in [-0.2, -0.15) is 0 Å². The number of nitrogens with one attached hydrogen (secondary N) is 1. The van der Waals surface area contributed by atoms with Crippen LogP contribution in [0.5, 0.6) is 0 Å². The van der Waals surface area contributed by atoms with Gasteiger partial charge in [0, 0.05) is 6.04 Å². The Morgan fingerprint density at radius 3 is 2.92 bits per heavy atom. The van der Waals surface area contributed by atoms with E-state index < -0.39 is 6.09 Å². The third-order valence-corrected chi connectivity index (χ3v) is 1.77. The molecule has 0 saturated heterocycles. The number of amides is 1. The second kappa shape index (κ2) is 4.11. The van der Waals surface area contributed by atoms with Crippen molar-refractivity contribution in [1.29, 1.82) is 0 Å². The summed E-state index contributed by atoms with van der Waals surface area (Å²) in [5.41, 5.74) is 0. The van der Waals surface area contributed by atoms with Gasteiger partial charge in [-0.15, -0.1) is 0 Å². The normalized spacial score (nSPS) is 27.1. The first-order valence-corrected chi connectivity index (χ1v) is 3.94. The molecule has 12 heavy (non-hydrogen) atoms. The maximum Gasteiger partial charge on any atom is 0.407 e. The minimum absolute atomic E-state index is 0.0808. The number of carbonyl (C=O) groups excluding carboxylic acids is 1. The molecule has 1 saturated carbocycles. The third kappa shape index (κ3) is 2.54. The molecule has 1 fully saturated rings. The monoisotopic (exact) mass is 171 g/mol. The van der Waals surface area contributed by atoms with Crippen molar-refractivity contribution in [3.63, 3.8) is 0 Å². The van der Waals surface area contributed by atoms with Gasteiger partial charge in [0.2, 0.25) is 0 Å². The van der Waals surface area contributed by atoms with E-state index in [1.54, 1.807) is 0 Å². The lowest BCUT2D eigenvalue weighted by molar-refractivity contribution is 0.0591. The van der Waals surface area contributed by atoms with Crippen LogP contribution in [0, 0.1) is 0 Å². The number of hydrogen-bond donors (Lipinski definition) is 2. The molecule has 2 N–H and O–H groups in total. The molecule has 4 nitrogen and oxygen atoms in total. The quantitative estimate of drug-likeness (QED) is 0.605. The average molecular weight is 171 g/mol. The number of aliphatic hydroxyl groups is 1. The summed E-state index contributed by atoms with van der Waals surface area (Å²) in [6, 6.07) is 0.0808. The van der Waals surface area contributed by atoms with Crippen molar-refractivity contribution < 1.29 is 14.6 Å². The SMILES string of the molecule is C=CCOC(=O)NC1CC(O)C1. The van der Waals surface area contributed by atoms with Crippen molar-refractivity contribution in [2.45, 2.75) is 25.0 Å².